The first-order valence-electron chi connectivity index (χ1n) is 8.29. The number of hydrogen-bond acceptors (Lipinski definition) is 6. The molecule has 0 spiro atoms. The molecule has 0 aliphatic carbocycles. The molecule has 2 fully saturated rings. The van der Waals surface area contributed by atoms with E-state index in [2.05, 4.69) is 0 Å². The second-order valence-electron chi connectivity index (χ2n) is 7.13. The van der Waals surface area contributed by atoms with Gasteiger partial charge in [-0.1, -0.05) is 26.0 Å². The van der Waals surface area contributed by atoms with E-state index < -0.39 is 48.0 Å². The van der Waals surface area contributed by atoms with Crippen molar-refractivity contribution in [1.82, 2.24) is 0 Å². The molecule has 0 aromatic heterocycles. The number of aliphatic hydroxyl groups is 3. The summed E-state index contributed by atoms with van der Waals surface area (Å²) in [6, 6.07) is 0. The maximum atomic E-state index is 11.7. The first-order valence-corrected chi connectivity index (χ1v) is 8.29. The van der Waals surface area contributed by atoms with Gasteiger partial charge in [0.1, 0.15) is 30.3 Å². The number of allylic oxidation sites excluding steroid dienone is 1. The summed E-state index contributed by atoms with van der Waals surface area (Å²) < 4.78 is 10.9. The number of aliphatic hydroxyl groups excluding tert-OH is 2. The van der Waals surface area contributed by atoms with E-state index >= 15 is 0 Å². The topological polar surface area (TPSA) is 96.2 Å². The highest BCUT2D eigenvalue weighted by Gasteiger charge is 2.54. The van der Waals surface area contributed by atoms with Crippen LogP contribution in [0.3, 0.4) is 0 Å². The Kier molecular flexibility index (Phi) is 5.51. The summed E-state index contributed by atoms with van der Waals surface area (Å²) in [4.78, 5) is 11.7. The van der Waals surface area contributed by atoms with E-state index in [-0.39, 0.29) is 5.92 Å². The van der Waals surface area contributed by atoms with Crippen LogP contribution < -0.4 is 0 Å². The quantitative estimate of drug-likeness (QED) is 0.510. The Balaban J connectivity index is 2.03. The van der Waals surface area contributed by atoms with Gasteiger partial charge in [-0.2, -0.15) is 0 Å². The normalized spacial score (nSPS) is 41.4. The fourth-order valence-electron chi connectivity index (χ4n) is 3.32. The average molecular weight is 328 g/mol. The molecule has 2 rings (SSSR count). The van der Waals surface area contributed by atoms with E-state index in [0.717, 1.165) is 0 Å². The maximum absolute atomic E-state index is 11.7. The molecule has 3 N–H and O–H groups in total. The molecule has 6 heteroatoms. The van der Waals surface area contributed by atoms with Gasteiger partial charge in [-0.25, -0.2) is 0 Å². The summed E-state index contributed by atoms with van der Waals surface area (Å²) in [6.45, 7) is 7.41. The Hall–Kier alpha value is -0.950. The van der Waals surface area contributed by atoms with Gasteiger partial charge in [0.05, 0.1) is 11.7 Å². The van der Waals surface area contributed by atoms with Gasteiger partial charge in [0.2, 0.25) is 0 Å². The lowest BCUT2D eigenvalue weighted by Crippen LogP contribution is -2.55. The third-order valence-electron chi connectivity index (χ3n) is 4.91. The monoisotopic (exact) mass is 328 g/mol. The number of fused-ring (bicyclic) bond motifs is 1. The molecule has 2 heterocycles. The van der Waals surface area contributed by atoms with Crippen molar-refractivity contribution in [3.8, 4) is 0 Å². The number of rotatable bonds is 5. The van der Waals surface area contributed by atoms with Gasteiger partial charge < -0.3 is 24.8 Å². The van der Waals surface area contributed by atoms with E-state index in [1.165, 1.54) is 0 Å². The minimum atomic E-state index is -1.20. The Morgan fingerprint density at radius 1 is 1.35 bits per heavy atom. The van der Waals surface area contributed by atoms with E-state index in [4.69, 9.17) is 9.47 Å². The Morgan fingerprint density at radius 2 is 2.00 bits per heavy atom. The highest BCUT2D eigenvalue weighted by atomic mass is 16.6. The molecule has 0 saturated carbocycles. The summed E-state index contributed by atoms with van der Waals surface area (Å²) in [5.41, 5.74) is -0.735. The van der Waals surface area contributed by atoms with Gasteiger partial charge in [-0.05, 0) is 32.6 Å². The lowest BCUT2D eigenvalue weighted by molar-refractivity contribution is -0.180. The summed E-state index contributed by atoms with van der Waals surface area (Å²) >= 11 is 0. The number of esters is 1. The molecule has 0 bridgehead atoms. The molecule has 8 atom stereocenters. The molecule has 6 nitrogen and oxygen atoms in total. The first-order chi connectivity index (χ1) is 10.7. The van der Waals surface area contributed by atoms with Crippen molar-refractivity contribution in [2.75, 3.05) is 0 Å². The van der Waals surface area contributed by atoms with Gasteiger partial charge in [-0.15, -0.1) is 0 Å². The van der Waals surface area contributed by atoms with Crippen LogP contribution in [0.1, 0.15) is 40.5 Å². The van der Waals surface area contributed by atoms with Gasteiger partial charge in [0.15, 0.2) is 0 Å². The summed E-state index contributed by atoms with van der Waals surface area (Å²) in [6.07, 6.45) is 0.760. The predicted molar refractivity (Wildman–Crippen MR) is 83.6 cm³/mol. The SMILES string of the molecule is CCC(C)(O)CC(C)/C=C/[C@@H]1O[C@H]2[C@H](C(=O)O[C@H]2C)[C@H](O)[C@H]1O. The van der Waals surface area contributed by atoms with Crippen molar-refractivity contribution in [1.29, 1.82) is 0 Å². The number of carbonyl (C=O) groups is 1. The predicted octanol–water partition coefficient (Wildman–Crippen LogP) is 0.780. The van der Waals surface area contributed by atoms with E-state index in [1.807, 2.05) is 19.9 Å². The smallest absolute Gasteiger partial charge is 0.314 e. The third-order valence-corrected chi connectivity index (χ3v) is 4.91. The lowest BCUT2D eigenvalue weighted by Gasteiger charge is -2.37. The lowest BCUT2D eigenvalue weighted by atomic mass is 9.85. The molecule has 0 radical (unpaired) electrons. The van der Waals surface area contributed by atoms with Crippen molar-refractivity contribution < 1.29 is 29.6 Å². The molecular formula is C17H28O6. The summed E-state index contributed by atoms with van der Waals surface area (Å²) in [5, 5.41) is 30.5. The van der Waals surface area contributed by atoms with Crippen LogP contribution in [-0.2, 0) is 14.3 Å². The highest BCUT2D eigenvalue weighted by Crippen LogP contribution is 2.35. The van der Waals surface area contributed by atoms with E-state index in [0.29, 0.717) is 12.8 Å². The summed E-state index contributed by atoms with van der Waals surface area (Å²) in [7, 11) is 0. The van der Waals surface area contributed by atoms with Crippen LogP contribution in [0, 0.1) is 11.8 Å². The zero-order chi connectivity index (χ0) is 17.4. The van der Waals surface area contributed by atoms with Crippen LogP contribution in [0.4, 0.5) is 0 Å². The molecule has 2 aliphatic rings. The van der Waals surface area contributed by atoms with Crippen LogP contribution in [0.5, 0.6) is 0 Å². The van der Waals surface area contributed by atoms with Gasteiger partial charge in [0.25, 0.3) is 0 Å². The number of hydrogen-bond donors (Lipinski definition) is 3. The fraction of sp³-hybridized carbons (Fsp3) is 0.824. The molecule has 2 aliphatic heterocycles. The van der Waals surface area contributed by atoms with Crippen LogP contribution in [-0.4, -0.2) is 57.4 Å². The van der Waals surface area contributed by atoms with Crippen molar-refractivity contribution in [2.45, 2.75) is 76.7 Å². The van der Waals surface area contributed by atoms with Crippen LogP contribution >= 0.6 is 0 Å². The molecule has 23 heavy (non-hydrogen) atoms. The van der Waals surface area contributed by atoms with Gasteiger partial charge >= 0.3 is 5.97 Å². The number of cyclic esters (lactones) is 1. The maximum Gasteiger partial charge on any atom is 0.314 e. The molecule has 132 valence electrons. The van der Waals surface area contributed by atoms with Crippen LogP contribution in [0.25, 0.3) is 0 Å². The average Bonchev–Trinajstić information content (AvgIpc) is 2.75. The molecule has 0 amide bonds. The Morgan fingerprint density at radius 3 is 2.61 bits per heavy atom. The highest BCUT2D eigenvalue weighted by molar-refractivity contribution is 5.76. The van der Waals surface area contributed by atoms with Crippen LogP contribution in [0.15, 0.2) is 12.2 Å². The second kappa shape index (κ2) is 6.89. The Labute approximate surface area is 137 Å². The molecule has 2 saturated heterocycles. The Bertz CT molecular complexity index is 460. The minimum Gasteiger partial charge on any atom is -0.460 e. The standard InChI is InChI=1S/C17H28O6/c1-5-17(4,21)8-9(2)6-7-11-13(18)14(19)12-15(23-11)10(3)22-16(12)20/h6-7,9-15,18-19,21H,5,8H2,1-4H3/b7-6+/t9?,10-,11-,12+,13-,14-,15+,17?/m0/s1. The number of carbonyl (C=O) groups excluding carboxylic acids is 1. The second-order valence-corrected chi connectivity index (χ2v) is 7.13. The fourth-order valence-corrected chi connectivity index (χ4v) is 3.32. The zero-order valence-corrected chi connectivity index (χ0v) is 14.2. The zero-order valence-electron chi connectivity index (χ0n) is 14.2. The van der Waals surface area contributed by atoms with E-state index in [9.17, 15) is 20.1 Å². The molecule has 0 aromatic rings. The molecule has 0 aromatic carbocycles. The van der Waals surface area contributed by atoms with Gasteiger partial charge in [0, 0.05) is 0 Å². The summed E-state index contributed by atoms with van der Waals surface area (Å²) in [5.74, 6) is -1.26. The number of ether oxygens (including phenoxy) is 2. The van der Waals surface area contributed by atoms with Crippen molar-refractivity contribution in [3.05, 3.63) is 12.2 Å². The molecule has 2 unspecified atom stereocenters. The largest absolute Gasteiger partial charge is 0.460 e. The van der Waals surface area contributed by atoms with E-state index in [1.54, 1.807) is 19.9 Å². The minimum absolute atomic E-state index is 0.0921. The van der Waals surface area contributed by atoms with Crippen molar-refractivity contribution in [2.24, 2.45) is 11.8 Å². The van der Waals surface area contributed by atoms with Crippen molar-refractivity contribution >= 4 is 5.97 Å². The van der Waals surface area contributed by atoms with Crippen LogP contribution in [0.2, 0.25) is 0 Å². The van der Waals surface area contributed by atoms with Crippen molar-refractivity contribution in [3.63, 3.8) is 0 Å². The first kappa shape index (κ1) is 18.4. The third kappa shape index (κ3) is 3.94. The van der Waals surface area contributed by atoms with Gasteiger partial charge in [-0.3, -0.25) is 4.79 Å². The molecular weight excluding hydrogens is 300 g/mol.